The molecule has 2 unspecified atom stereocenters. The van der Waals surface area contributed by atoms with E-state index in [1.165, 1.54) is 250 Å². The Hall–Kier alpha value is -1.94. The highest BCUT2D eigenvalue weighted by atomic mass is 31.2. The van der Waals surface area contributed by atoms with Crippen LogP contribution >= 0.6 is 15.6 Å². The van der Waals surface area contributed by atoms with E-state index in [0.29, 0.717) is 25.7 Å². The number of esters is 4. The maximum Gasteiger partial charge on any atom is 0.472 e. The molecule has 19 heteroatoms. The Balaban J connectivity index is 5.11. The van der Waals surface area contributed by atoms with Gasteiger partial charge in [0.15, 0.2) is 12.2 Å². The minimum atomic E-state index is -4.96. The second-order valence-electron chi connectivity index (χ2n) is 30.8. The van der Waals surface area contributed by atoms with Gasteiger partial charge < -0.3 is 33.8 Å². The van der Waals surface area contributed by atoms with Crippen LogP contribution in [0.1, 0.15) is 440 Å². The highest BCUT2D eigenvalue weighted by Gasteiger charge is 2.30. The summed E-state index contributed by atoms with van der Waals surface area (Å²) >= 11 is 0. The van der Waals surface area contributed by atoms with Crippen LogP contribution in [0, 0.1) is 11.8 Å². The lowest BCUT2D eigenvalue weighted by Gasteiger charge is -2.21. The molecule has 17 nitrogen and oxygen atoms in total. The third-order valence-corrected chi connectivity index (χ3v) is 21.4. The molecular formula is C83H162O17P2. The van der Waals surface area contributed by atoms with Crippen molar-refractivity contribution in [1.29, 1.82) is 0 Å². The molecule has 102 heavy (non-hydrogen) atoms. The van der Waals surface area contributed by atoms with Crippen LogP contribution in [0.5, 0.6) is 0 Å². The van der Waals surface area contributed by atoms with Gasteiger partial charge >= 0.3 is 39.5 Å². The van der Waals surface area contributed by atoms with Crippen LogP contribution in [0.25, 0.3) is 0 Å². The molecule has 0 saturated carbocycles. The number of phosphoric acid groups is 2. The Morgan fingerprint density at radius 2 is 0.451 bits per heavy atom. The summed E-state index contributed by atoms with van der Waals surface area (Å²) in [6.45, 7) is 9.63. The third kappa shape index (κ3) is 76.3. The topological polar surface area (TPSA) is 237 Å². The second-order valence-corrected chi connectivity index (χ2v) is 33.7. The van der Waals surface area contributed by atoms with Crippen LogP contribution in [-0.2, 0) is 65.4 Å². The van der Waals surface area contributed by atoms with Crippen molar-refractivity contribution in [2.45, 2.75) is 458 Å². The van der Waals surface area contributed by atoms with Crippen LogP contribution in [-0.4, -0.2) is 96.7 Å². The van der Waals surface area contributed by atoms with E-state index in [1.807, 2.05) is 0 Å². The monoisotopic (exact) mass is 1490 g/mol. The zero-order valence-corrected chi connectivity index (χ0v) is 68.7. The van der Waals surface area contributed by atoms with Crippen LogP contribution in [0.3, 0.4) is 0 Å². The smallest absolute Gasteiger partial charge is 0.462 e. The van der Waals surface area contributed by atoms with Gasteiger partial charge in [-0.25, -0.2) is 9.13 Å². The van der Waals surface area contributed by atoms with E-state index in [4.69, 9.17) is 37.0 Å². The molecule has 0 aliphatic carbocycles. The van der Waals surface area contributed by atoms with Crippen LogP contribution < -0.4 is 0 Å². The predicted molar refractivity (Wildman–Crippen MR) is 418 cm³/mol. The van der Waals surface area contributed by atoms with Gasteiger partial charge in [0.1, 0.15) is 19.3 Å². The standard InChI is InChI=1S/C83H162O17P2/c1-7-9-11-13-14-15-16-17-26-34-39-44-49-55-61-67-82(87)99-78(71-93-80(85)65-59-51-12-10-8-2)73-97-101(89,90)95-69-77(84)70-96-102(91,92)98-74-79(100-83(88)68-62-56-50-45-40-35-30-25-21-19-23-28-32-37-42-47-53-58-64-76(5)6)72-94-81(86)66-60-54-48-43-38-33-29-24-20-18-22-27-31-36-41-46-52-57-63-75(3)4/h75-79,84H,7-74H2,1-6H3,(H,89,90)(H,91,92)/t77-,78+,79+/m0/s1. The maximum atomic E-state index is 13.1. The van der Waals surface area contributed by atoms with E-state index < -0.39 is 97.5 Å². The number of carbonyl (C=O) groups is 4. The molecule has 0 fully saturated rings. The molecule has 0 radical (unpaired) electrons. The van der Waals surface area contributed by atoms with Gasteiger partial charge in [-0.05, 0) is 37.5 Å². The van der Waals surface area contributed by atoms with Gasteiger partial charge in [-0.15, -0.1) is 0 Å². The number of ether oxygens (including phenoxy) is 4. The SMILES string of the molecule is CCCCCCCCCCCCCCCCCC(=O)O[C@H](COC(=O)CCCCCCC)COP(=O)(O)OC[C@H](O)COP(=O)(O)OC[C@@H](COC(=O)CCCCCCCCCCCCCCCCCCCCC(C)C)OC(=O)CCCCCCCCCCCCCCCCCCCCC(C)C. The van der Waals surface area contributed by atoms with Crippen molar-refractivity contribution in [3.05, 3.63) is 0 Å². The van der Waals surface area contributed by atoms with Crippen LogP contribution in [0.2, 0.25) is 0 Å². The van der Waals surface area contributed by atoms with E-state index in [-0.39, 0.29) is 25.7 Å². The van der Waals surface area contributed by atoms with E-state index in [1.54, 1.807) is 0 Å². The molecule has 0 aromatic heterocycles. The first-order valence-corrected chi connectivity index (χ1v) is 46.0. The zero-order valence-electron chi connectivity index (χ0n) is 66.9. The Labute approximate surface area is 626 Å². The van der Waals surface area contributed by atoms with E-state index >= 15 is 0 Å². The quantitative estimate of drug-likeness (QED) is 0.0222. The molecule has 0 aliphatic rings. The fourth-order valence-corrected chi connectivity index (χ4v) is 14.5. The summed E-state index contributed by atoms with van der Waals surface area (Å²) in [6.07, 6.45) is 65.8. The van der Waals surface area contributed by atoms with Gasteiger partial charge in [0.05, 0.1) is 26.4 Å². The summed E-state index contributed by atoms with van der Waals surface area (Å²) in [6, 6.07) is 0. The number of aliphatic hydroxyl groups is 1. The molecule has 0 aromatic rings. The number of carbonyl (C=O) groups excluding carboxylic acids is 4. The van der Waals surface area contributed by atoms with Crippen LogP contribution in [0.15, 0.2) is 0 Å². The van der Waals surface area contributed by atoms with E-state index in [2.05, 4.69) is 41.5 Å². The van der Waals surface area contributed by atoms with Gasteiger partial charge in [-0.3, -0.25) is 37.3 Å². The molecule has 0 bridgehead atoms. The Morgan fingerprint density at radius 3 is 0.667 bits per heavy atom. The summed E-state index contributed by atoms with van der Waals surface area (Å²) in [5, 5.41) is 10.6. The summed E-state index contributed by atoms with van der Waals surface area (Å²) in [5.41, 5.74) is 0. The number of phosphoric ester groups is 2. The van der Waals surface area contributed by atoms with Crippen molar-refractivity contribution < 1.29 is 80.2 Å². The molecule has 606 valence electrons. The highest BCUT2D eigenvalue weighted by molar-refractivity contribution is 7.47. The Morgan fingerprint density at radius 1 is 0.265 bits per heavy atom. The van der Waals surface area contributed by atoms with Gasteiger partial charge in [-0.2, -0.15) is 0 Å². The van der Waals surface area contributed by atoms with Crippen molar-refractivity contribution >= 4 is 39.5 Å². The predicted octanol–water partition coefficient (Wildman–Crippen LogP) is 25.1. The Kier molecular flexibility index (Phi) is 73.1. The molecule has 0 rings (SSSR count). The first-order chi connectivity index (χ1) is 49.4. The average molecular weight is 1490 g/mol. The van der Waals surface area contributed by atoms with Gasteiger partial charge in [0, 0.05) is 25.7 Å². The molecular weight excluding hydrogens is 1330 g/mol. The van der Waals surface area contributed by atoms with Crippen molar-refractivity contribution in [2.24, 2.45) is 11.8 Å². The Bertz CT molecular complexity index is 1960. The minimum absolute atomic E-state index is 0.107. The number of unbranched alkanes of at least 4 members (excludes halogenated alkanes) is 52. The van der Waals surface area contributed by atoms with Gasteiger partial charge in [0.25, 0.3) is 0 Å². The lowest BCUT2D eigenvalue weighted by Crippen LogP contribution is -2.30. The average Bonchev–Trinajstić information content (AvgIpc) is 0.914. The van der Waals surface area contributed by atoms with Gasteiger partial charge in [0.2, 0.25) is 0 Å². The third-order valence-electron chi connectivity index (χ3n) is 19.5. The lowest BCUT2D eigenvalue weighted by atomic mass is 10.0. The summed E-state index contributed by atoms with van der Waals surface area (Å²) < 4.78 is 68.5. The normalized spacial score (nSPS) is 13.9. The van der Waals surface area contributed by atoms with E-state index in [0.717, 1.165) is 108 Å². The van der Waals surface area contributed by atoms with Gasteiger partial charge in [-0.1, -0.05) is 388 Å². The number of rotatable bonds is 82. The molecule has 3 N–H and O–H groups in total. The zero-order chi connectivity index (χ0) is 74.9. The lowest BCUT2D eigenvalue weighted by molar-refractivity contribution is -0.161. The van der Waals surface area contributed by atoms with Crippen molar-refractivity contribution in [3.8, 4) is 0 Å². The fourth-order valence-electron chi connectivity index (χ4n) is 12.9. The molecule has 0 aromatic carbocycles. The van der Waals surface area contributed by atoms with Crippen LogP contribution in [0.4, 0.5) is 0 Å². The second kappa shape index (κ2) is 74.5. The molecule has 0 amide bonds. The number of hydrogen-bond donors (Lipinski definition) is 3. The molecule has 0 heterocycles. The minimum Gasteiger partial charge on any atom is -0.462 e. The fraction of sp³-hybridized carbons (Fsp3) is 0.952. The first kappa shape index (κ1) is 100. The largest absolute Gasteiger partial charge is 0.472 e. The number of aliphatic hydroxyl groups excluding tert-OH is 1. The van der Waals surface area contributed by atoms with E-state index in [9.17, 15) is 43.2 Å². The highest BCUT2D eigenvalue weighted by Crippen LogP contribution is 2.45. The first-order valence-electron chi connectivity index (χ1n) is 43.0. The molecule has 0 spiro atoms. The molecule has 5 atom stereocenters. The van der Waals surface area contributed by atoms with Crippen molar-refractivity contribution in [2.75, 3.05) is 39.6 Å². The molecule has 0 saturated heterocycles. The van der Waals surface area contributed by atoms with Crippen molar-refractivity contribution in [3.63, 3.8) is 0 Å². The summed E-state index contributed by atoms with van der Waals surface area (Å²) in [5.74, 6) is -0.474. The number of hydrogen-bond acceptors (Lipinski definition) is 15. The van der Waals surface area contributed by atoms with Crippen molar-refractivity contribution in [1.82, 2.24) is 0 Å². The molecule has 0 aliphatic heterocycles. The summed E-state index contributed by atoms with van der Waals surface area (Å²) in [7, 11) is -9.91. The maximum absolute atomic E-state index is 13.1. The summed E-state index contributed by atoms with van der Waals surface area (Å²) in [4.78, 5) is 72.8.